The van der Waals surface area contributed by atoms with Gasteiger partial charge in [0.25, 0.3) is 5.91 Å². The first kappa shape index (κ1) is 25.2. The van der Waals surface area contributed by atoms with Crippen LogP contribution in [-0.2, 0) is 23.0 Å². The zero-order valence-electron chi connectivity index (χ0n) is 21.0. The summed E-state index contributed by atoms with van der Waals surface area (Å²) in [6, 6.07) is 4.35. The van der Waals surface area contributed by atoms with Crippen molar-refractivity contribution in [1.82, 2.24) is 19.3 Å². The van der Waals surface area contributed by atoms with Crippen molar-refractivity contribution < 1.29 is 22.8 Å². The van der Waals surface area contributed by atoms with Gasteiger partial charge in [0.2, 0.25) is 10.0 Å². The van der Waals surface area contributed by atoms with Crippen LogP contribution in [0.3, 0.4) is 0 Å². The van der Waals surface area contributed by atoms with E-state index in [9.17, 15) is 18.3 Å². The minimum absolute atomic E-state index is 0.0260. The molecule has 9 nitrogen and oxygen atoms in total. The molecule has 36 heavy (non-hydrogen) atoms. The van der Waals surface area contributed by atoms with Crippen LogP contribution in [0.4, 0.5) is 0 Å². The number of rotatable bonds is 6. The van der Waals surface area contributed by atoms with Gasteiger partial charge in [-0.1, -0.05) is 43.3 Å². The van der Waals surface area contributed by atoms with Gasteiger partial charge in [0.15, 0.2) is 5.69 Å². The second kappa shape index (κ2) is 10.5. The molecular weight excluding hydrogens is 480 g/mol. The summed E-state index contributed by atoms with van der Waals surface area (Å²) in [7, 11) is -3.84. The van der Waals surface area contributed by atoms with Gasteiger partial charge in [-0.15, -0.1) is 0 Å². The molecule has 1 N–H and O–H groups in total. The maximum absolute atomic E-state index is 13.3. The molecular formula is C26H36N4O5S. The van der Waals surface area contributed by atoms with E-state index in [1.54, 1.807) is 17.9 Å². The van der Waals surface area contributed by atoms with Gasteiger partial charge < -0.3 is 14.5 Å². The van der Waals surface area contributed by atoms with Gasteiger partial charge in [-0.2, -0.15) is 4.31 Å². The molecule has 1 saturated heterocycles. The molecule has 5 rings (SSSR count). The fourth-order valence-electron chi connectivity index (χ4n) is 5.62. The van der Waals surface area contributed by atoms with E-state index in [0.29, 0.717) is 36.4 Å². The van der Waals surface area contributed by atoms with E-state index >= 15 is 0 Å². The standard InChI is InChI=1S/C26H36N4O5S/c1-19-7-8-21(17-23(19)31)36(33,34)30-12-10-24-22(18-30)25(27-35-24)26(32)29-15-13-28(14-16-29)11-9-20-5-3-2-4-6-20/h7-8,17,20,31H,2-6,9-16,18H2,1H3. The largest absolute Gasteiger partial charge is 0.508 e. The smallest absolute Gasteiger partial charge is 0.276 e. The van der Waals surface area contributed by atoms with Gasteiger partial charge in [0.05, 0.1) is 4.90 Å². The van der Waals surface area contributed by atoms with Crippen LogP contribution >= 0.6 is 0 Å². The minimum atomic E-state index is -3.84. The van der Waals surface area contributed by atoms with Crippen molar-refractivity contribution >= 4 is 15.9 Å². The average Bonchev–Trinajstić information content (AvgIpc) is 3.33. The van der Waals surface area contributed by atoms with Crippen molar-refractivity contribution in [2.24, 2.45) is 5.92 Å². The highest BCUT2D eigenvalue weighted by Crippen LogP contribution is 2.30. The van der Waals surface area contributed by atoms with E-state index in [4.69, 9.17) is 4.52 Å². The molecule has 2 fully saturated rings. The number of aryl methyl sites for hydroxylation is 1. The van der Waals surface area contributed by atoms with Gasteiger partial charge in [-0.3, -0.25) is 9.69 Å². The third kappa shape index (κ3) is 5.17. The number of sulfonamides is 1. The number of piperazine rings is 1. The average molecular weight is 517 g/mol. The molecule has 1 aromatic heterocycles. The van der Waals surface area contributed by atoms with E-state index in [0.717, 1.165) is 25.6 Å². The highest BCUT2D eigenvalue weighted by molar-refractivity contribution is 7.89. The second-order valence-corrected chi connectivity index (χ2v) is 12.3. The summed E-state index contributed by atoms with van der Waals surface area (Å²) in [6.45, 7) is 6.01. The predicted octanol–water partition coefficient (Wildman–Crippen LogP) is 3.16. The summed E-state index contributed by atoms with van der Waals surface area (Å²) in [5.41, 5.74) is 1.37. The molecule has 1 aromatic carbocycles. The van der Waals surface area contributed by atoms with Crippen LogP contribution in [0.1, 0.15) is 65.9 Å². The zero-order valence-corrected chi connectivity index (χ0v) is 21.8. The molecule has 0 spiro atoms. The Kier molecular flexibility index (Phi) is 7.37. The molecule has 1 amide bonds. The first-order chi connectivity index (χ1) is 17.3. The molecule has 2 aromatic rings. The lowest BCUT2D eigenvalue weighted by Gasteiger charge is -2.35. The first-order valence-corrected chi connectivity index (χ1v) is 14.6. The van der Waals surface area contributed by atoms with Crippen LogP contribution < -0.4 is 0 Å². The molecule has 1 saturated carbocycles. The molecule has 2 aliphatic heterocycles. The van der Waals surface area contributed by atoms with Gasteiger partial charge in [-0.25, -0.2) is 8.42 Å². The first-order valence-electron chi connectivity index (χ1n) is 13.1. The van der Waals surface area contributed by atoms with E-state index in [2.05, 4.69) is 10.1 Å². The van der Waals surface area contributed by atoms with E-state index in [1.807, 2.05) is 0 Å². The van der Waals surface area contributed by atoms with E-state index in [-0.39, 0.29) is 35.3 Å². The lowest BCUT2D eigenvalue weighted by molar-refractivity contribution is 0.0616. The van der Waals surface area contributed by atoms with Gasteiger partial charge >= 0.3 is 0 Å². The molecule has 1 aliphatic carbocycles. The van der Waals surface area contributed by atoms with Crippen LogP contribution in [0, 0.1) is 12.8 Å². The van der Waals surface area contributed by atoms with Gasteiger partial charge in [0, 0.05) is 57.3 Å². The molecule has 196 valence electrons. The fourth-order valence-corrected chi connectivity index (χ4v) is 7.05. The maximum atomic E-state index is 13.3. The minimum Gasteiger partial charge on any atom is -0.508 e. The summed E-state index contributed by atoms with van der Waals surface area (Å²) >= 11 is 0. The number of phenols is 1. The Hall–Kier alpha value is -2.43. The number of carbonyl (C=O) groups excluding carboxylic acids is 1. The van der Waals surface area contributed by atoms with Crippen molar-refractivity contribution in [3.63, 3.8) is 0 Å². The Bertz CT molecular complexity index is 1200. The molecule has 0 atom stereocenters. The lowest BCUT2D eigenvalue weighted by atomic mass is 9.87. The van der Waals surface area contributed by atoms with Crippen LogP contribution in [0.15, 0.2) is 27.6 Å². The molecule has 3 heterocycles. The number of hydrogen-bond acceptors (Lipinski definition) is 7. The number of nitrogens with zero attached hydrogens (tertiary/aromatic N) is 4. The Morgan fingerprint density at radius 1 is 1.11 bits per heavy atom. The van der Waals surface area contributed by atoms with Crippen LogP contribution in [0.5, 0.6) is 5.75 Å². The Morgan fingerprint density at radius 3 is 2.58 bits per heavy atom. The number of fused-ring (bicyclic) bond motifs is 1. The number of phenolic OH excluding ortho intramolecular Hbond substituents is 1. The SMILES string of the molecule is Cc1ccc(S(=O)(=O)N2CCc3onc(C(=O)N4CCN(CCC5CCCCC5)CC4)c3C2)cc1O. The van der Waals surface area contributed by atoms with Crippen molar-refractivity contribution in [3.8, 4) is 5.75 Å². The second-order valence-electron chi connectivity index (χ2n) is 10.4. The highest BCUT2D eigenvalue weighted by atomic mass is 32.2. The fraction of sp³-hybridized carbons (Fsp3) is 0.615. The summed E-state index contributed by atoms with van der Waals surface area (Å²) in [4.78, 5) is 17.6. The Morgan fingerprint density at radius 2 is 1.86 bits per heavy atom. The number of aromatic hydroxyl groups is 1. The van der Waals surface area contributed by atoms with Gasteiger partial charge in [-0.05, 0) is 37.4 Å². The van der Waals surface area contributed by atoms with E-state index in [1.165, 1.54) is 55.0 Å². The number of hydrogen-bond donors (Lipinski definition) is 1. The topological polar surface area (TPSA) is 107 Å². The number of benzene rings is 1. The van der Waals surface area contributed by atoms with Crippen molar-refractivity contribution in [2.45, 2.75) is 63.3 Å². The third-order valence-corrected chi connectivity index (χ3v) is 9.89. The van der Waals surface area contributed by atoms with Crippen molar-refractivity contribution in [2.75, 3.05) is 39.3 Å². The molecule has 0 radical (unpaired) electrons. The number of aromatic nitrogens is 1. The Labute approximate surface area is 213 Å². The van der Waals surface area contributed by atoms with Crippen LogP contribution in [0.25, 0.3) is 0 Å². The van der Waals surface area contributed by atoms with Gasteiger partial charge in [0.1, 0.15) is 11.5 Å². The summed E-state index contributed by atoms with van der Waals surface area (Å²) < 4.78 is 33.3. The molecule has 0 unspecified atom stereocenters. The number of amides is 1. The summed E-state index contributed by atoms with van der Waals surface area (Å²) in [5, 5.41) is 14.1. The molecule has 3 aliphatic rings. The van der Waals surface area contributed by atoms with Crippen LogP contribution in [0.2, 0.25) is 0 Å². The molecule has 0 bridgehead atoms. The Balaban J connectivity index is 1.22. The zero-order chi connectivity index (χ0) is 25.3. The lowest BCUT2D eigenvalue weighted by Crippen LogP contribution is -2.49. The third-order valence-electron chi connectivity index (χ3n) is 8.05. The van der Waals surface area contributed by atoms with E-state index < -0.39 is 10.0 Å². The quantitative estimate of drug-likeness (QED) is 0.628. The van der Waals surface area contributed by atoms with Crippen molar-refractivity contribution in [1.29, 1.82) is 0 Å². The highest BCUT2D eigenvalue weighted by Gasteiger charge is 2.36. The maximum Gasteiger partial charge on any atom is 0.276 e. The summed E-state index contributed by atoms with van der Waals surface area (Å²) in [5.74, 6) is 1.16. The van der Waals surface area contributed by atoms with Crippen molar-refractivity contribution in [3.05, 3.63) is 40.8 Å². The monoisotopic (exact) mass is 516 g/mol. The normalized spacial score (nSPS) is 20.4. The molecule has 10 heteroatoms. The predicted molar refractivity (Wildman–Crippen MR) is 134 cm³/mol. The van der Waals surface area contributed by atoms with Crippen LogP contribution in [-0.4, -0.2) is 78.0 Å². The number of carbonyl (C=O) groups is 1. The summed E-state index contributed by atoms with van der Waals surface area (Å²) in [6.07, 6.45) is 8.40.